The second-order valence-electron chi connectivity index (χ2n) is 2.61. The first kappa shape index (κ1) is 8.33. The van der Waals surface area contributed by atoms with Gasteiger partial charge in [-0.1, -0.05) is 25.1 Å². The molecule has 0 aromatic heterocycles. The van der Waals surface area contributed by atoms with Crippen LogP contribution in [-0.4, -0.2) is 16.8 Å². The van der Waals surface area contributed by atoms with Crippen LogP contribution in [0.3, 0.4) is 0 Å². The molecule has 0 bridgehead atoms. The molecule has 0 aliphatic heterocycles. The Balaban J connectivity index is 2.62. The summed E-state index contributed by atoms with van der Waals surface area (Å²) in [4.78, 5) is 0. The van der Waals surface area contributed by atoms with Gasteiger partial charge >= 0.3 is 0 Å². The third-order valence-electron chi connectivity index (χ3n) is 1.56. The molecule has 0 radical (unpaired) electrons. The predicted octanol–water partition coefficient (Wildman–Crippen LogP) is 0.466. The molecule has 0 atom stereocenters. The first-order chi connectivity index (χ1) is 5.34. The molecule has 0 N–H and O–H groups in total. The Morgan fingerprint density at radius 1 is 1.36 bits per heavy atom. The van der Waals surface area contributed by atoms with Crippen molar-refractivity contribution in [3.63, 3.8) is 0 Å². The maximum atomic E-state index is 5.52. The highest BCUT2D eigenvalue weighted by molar-refractivity contribution is 6.34. The van der Waals surface area contributed by atoms with E-state index in [0.29, 0.717) is 0 Å². The lowest BCUT2D eigenvalue weighted by Gasteiger charge is -2.06. The SMILES string of the molecule is CCCOc1ccccc1[SiH3]. The summed E-state index contributed by atoms with van der Waals surface area (Å²) >= 11 is 0. The lowest BCUT2D eigenvalue weighted by molar-refractivity contribution is 0.320. The summed E-state index contributed by atoms with van der Waals surface area (Å²) in [5, 5.41) is 1.35. The fourth-order valence-corrected chi connectivity index (χ4v) is 1.43. The number of rotatable bonds is 3. The monoisotopic (exact) mass is 166 g/mol. The van der Waals surface area contributed by atoms with Crippen molar-refractivity contribution < 1.29 is 4.74 Å². The average Bonchev–Trinajstić information content (AvgIpc) is 2.03. The molecule has 0 unspecified atom stereocenters. The van der Waals surface area contributed by atoms with Gasteiger partial charge in [-0.3, -0.25) is 0 Å². The molecule has 2 heteroatoms. The van der Waals surface area contributed by atoms with Gasteiger partial charge in [-0.15, -0.1) is 0 Å². The van der Waals surface area contributed by atoms with E-state index in [1.807, 2.05) is 12.1 Å². The van der Waals surface area contributed by atoms with Gasteiger partial charge in [0.05, 0.1) is 6.61 Å². The molecule has 0 saturated carbocycles. The summed E-state index contributed by atoms with van der Waals surface area (Å²) < 4.78 is 5.52. The summed E-state index contributed by atoms with van der Waals surface area (Å²) in [5.74, 6) is 1.07. The second-order valence-corrected chi connectivity index (χ2v) is 3.69. The molecule has 0 aliphatic rings. The smallest absolute Gasteiger partial charge is 0.117 e. The minimum Gasteiger partial charge on any atom is -0.494 e. The molecule has 1 rings (SSSR count). The number of hydrogen-bond acceptors (Lipinski definition) is 1. The fraction of sp³-hybridized carbons (Fsp3) is 0.333. The molecule has 0 spiro atoms. The van der Waals surface area contributed by atoms with Crippen LogP contribution in [0.2, 0.25) is 0 Å². The normalized spacial score (nSPS) is 9.91. The van der Waals surface area contributed by atoms with E-state index in [2.05, 4.69) is 19.1 Å². The molecule has 0 saturated heterocycles. The molecule has 60 valence electrons. The van der Waals surface area contributed by atoms with E-state index in [0.717, 1.165) is 29.0 Å². The van der Waals surface area contributed by atoms with Crippen LogP contribution >= 0.6 is 0 Å². The summed E-state index contributed by atoms with van der Waals surface area (Å²) in [6, 6.07) is 8.24. The highest BCUT2D eigenvalue weighted by atomic mass is 28.1. The quantitative estimate of drug-likeness (QED) is 0.593. The van der Waals surface area contributed by atoms with E-state index in [-0.39, 0.29) is 0 Å². The van der Waals surface area contributed by atoms with Gasteiger partial charge in [0.1, 0.15) is 5.75 Å². The van der Waals surface area contributed by atoms with Gasteiger partial charge in [-0.2, -0.15) is 0 Å². The van der Waals surface area contributed by atoms with Gasteiger partial charge in [0.15, 0.2) is 0 Å². The average molecular weight is 166 g/mol. The van der Waals surface area contributed by atoms with Crippen LogP contribution in [0, 0.1) is 0 Å². The van der Waals surface area contributed by atoms with E-state index in [1.54, 1.807) is 0 Å². The minimum atomic E-state index is 0.833. The van der Waals surface area contributed by atoms with Crippen molar-refractivity contribution in [1.82, 2.24) is 0 Å². The Morgan fingerprint density at radius 3 is 2.73 bits per heavy atom. The van der Waals surface area contributed by atoms with Crippen LogP contribution in [0.5, 0.6) is 5.75 Å². The topological polar surface area (TPSA) is 9.23 Å². The molecule has 11 heavy (non-hydrogen) atoms. The molecule has 1 aromatic rings. The van der Waals surface area contributed by atoms with Gasteiger partial charge in [0.2, 0.25) is 0 Å². The van der Waals surface area contributed by atoms with E-state index < -0.39 is 0 Å². The molecule has 0 aliphatic carbocycles. The van der Waals surface area contributed by atoms with Crippen molar-refractivity contribution in [3.8, 4) is 5.75 Å². The van der Waals surface area contributed by atoms with Gasteiger partial charge in [0.25, 0.3) is 0 Å². The van der Waals surface area contributed by atoms with Crippen molar-refractivity contribution in [2.45, 2.75) is 13.3 Å². The Bertz CT molecular complexity index is 223. The van der Waals surface area contributed by atoms with E-state index in [9.17, 15) is 0 Å². The molecular weight excluding hydrogens is 152 g/mol. The molecular formula is C9H14OSi. The third-order valence-corrected chi connectivity index (χ3v) is 2.38. The maximum absolute atomic E-state index is 5.52. The van der Waals surface area contributed by atoms with Gasteiger partial charge in [0, 0.05) is 10.2 Å². The highest BCUT2D eigenvalue weighted by Crippen LogP contribution is 2.04. The Labute approximate surface area is 70.8 Å². The van der Waals surface area contributed by atoms with Crippen molar-refractivity contribution >= 4 is 15.4 Å². The molecule has 0 amide bonds. The van der Waals surface area contributed by atoms with Crippen LogP contribution in [0.25, 0.3) is 0 Å². The van der Waals surface area contributed by atoms with Crippen LogP contribution in [0.15, 0.2) is 24.3 Å². The number of ether oxygens (including phenoxy) is 1. The lowest BCUT2D eigenvalue weighted by atomic mass is 10.3. The van der Waals surface area contributed by atoms with Crippen LogP contribution in [-0.2, 0) is 0 Å². The fourth-order valence-electron chi connectivity index (χ4n) is 0.930. The molecule has 1 aromatic carbocycles. The molecule has 0 heterocycles. The standard InChI is InChI=1S/C9H14OSi/c1-2-7-10-8-5-3-4-6-9(8)11/h3-6H,2,7H2,1,11H3. The molecule has 0 fully saturated rings. The Hall–Kier alpha value is -0.763. The van der Waals surface area contributed by atoms with Crippen molar-refractivity contribution in [3.05, 3.63) is 24.3 Å². The largest absolute Gasteiger partial charge is 0.494 e. The highest BCUT2D eigenvalue weighted by Gasteiger charge is 1.94. The maximum Gasteiger partial charge on any atom is 0.117 e. The van der Waals surface area contributed by atoms with Crippen molar-refractivity contribution in [1.29, 1.82) is 0 Å². The zero-order valence-corrected chi connectivity index (χ0v) is 9.13. The molecule has 1 nitrogen and oxygen atoms in total. The first-order valence-electron chi connectivity index (χ1n) is 4.03. The first-order valence-corrected chi connectivity index (χ1v) is 5.03. The van der Waals surface area contributed by atoms with Crippen molar-refractivity contribution in [2.75, 3.05) is 6.61 Å². The van der Waals surface area contributed by atoms with E-state index in [4.69, 9.17) is 4.74 Å². The van der Waals surface area contributed by atoms with Crippen LogP contribution in [0.4, 0.5) is 0 Å². The van der Waals surface area contributed by atoms with Gasteiger partial charge in [-0.25, -0.2) is 0 Å². The van der Waals surface area contributed by atoms with Crippen LogP contribution in [0.1, 0.15) is 13.3 Å². The summed E-state index contributed by atoms with van der Waals surface area (Å²) in [7, 11) is 1.07. The lowest BCUT2D eigenvalue weighted by Crippen LogP contribution is -2.08. The number of benzene rings is 1. The van der Waals surface area contributed by atoms with E-state index >= 15 is 0 Å². The number of para-hydroxylation sites is 1. The minimum absolute atomic E-state index is 0.833. The third kappa shape index (κ3) is 2.39. The Morgan fingerprint density at radius 2 is 2.09 bits per heavy atom. The Kier molecular flexibility index (Phi) is 3.17. The van der Waals surface area contributed by atoms with Crippen LogP contribution < -0.4 is 9.92 Å². The van der Waals surface area contributed by atoms with E-state index in [1.165, 1.54) is 5.19 Å². The zero-order valence-electron chi connectivity index (χ0n) is 7.13. The zero-order chi connectivity index (χ0) is 8.10. The number of hydrogen-bond donors (Lipinski definition) is 0. The predicted molar refractivity (Wildman–Crippen MR) is 51.8 cm³/mol. The summed E-state index contributed by atoms with van der Waals surface area (Å²) in [6.07, 6.45) is 1.08. The van der Waals surface area contributed by atoms with Crippen molar-refractivity contribution in [2.24, 2.45) is 0 Å². The summed E-state index contributed by atoms with van der Waals surface area (Å²) in [5.41, 5.74) is 0. The summed E-state index contributed by atoms with van der Waals surface area (Å²) in [6.45, 7) is 2.95. The van der Waals surface area contributed by atoms with Gasteiger partial charge < -0.3 is 4.74 Å². The van der Waals surface area contributed by atoms with Gasteiger partial charge in [-0.05, 0) is 17.7 Å². The second kappa shape index (κ2) is 4.19.